The molecule has 0 radical (unpaired) electrons. The molecule has 1 heterocycles. The molecule has 2 fully saturated rings. The van der Waals surface area contributed by atoms with E-state index in [-0.39, 0.29) is 16.9 Å². The molecule has 1 atom stereocenters. The van der Waals surface area contributed by atoms with Crippen LogP contribution in [0.4, 0.5) is 0 Å². The first-order valence-corrected chi connectivity index (χ1v) is 6.33. The lowest BCUT2D eigenvalue weighted by Gasteiger charge is -2.56. The Hall–Kier alpha value is -0.120. The van der Waals surface area contributed by atoms with Gasteiger partial charge in [-0.2, -0.15) is 0 Å². The Kier molecular flexibility index (Phi) is 2.84. The van der Waals surface area contributed by atoms with Crippen LogP contribution in [0.25, 0.3) is 0 Å². The lowest BCUT2D eigenvalue weighted by atomic mass is 9.68. The number of nitrogens with two attached hydrogens (primary N) is 1. The molecule has 3 nitrogen and oxygen atoms in total. The molecular weight excluding hydrogens is 202 g/mol. The van der Waals surface area contributed by atoms with Crippen LogP contribution in [0.1, 0.15) is 47.0 Å². The summed E-state index contributed by atoms with van der Waals surface area (Å²) in [7, 11) is 0. The molecular formula is C13H25NO2. The zero-order valence-electron chi connectivity index (χ0n) is 11.0. The highest BCUT2D eigenvalue weighted by atomic mass is 16.7. The monoisotopic (exact) mass is 227 g/mol. The van der Waals surface area contributed by atoms with E-state index in [9.17, 15) is 0 Å². The molecule has 94 valence electrons. The Morgan fingerprint density at radius 2 is 1.62 bits per heavy atom. The fourth-order valence-electron chi connectivity index (χ4n) is 2.74. The average Bonchev–Trinajstić information content (AvgIpc) is 2.19. The molecule has 1 spiro atoms. The second-order valence-corrected chi connectivity index (χ2v) is 6.71. The maximum absolute atomic E-state index is 6.23. The van der Waals surface area contributed by atoms with Gasteiger partial charge >= 0.3 is 0 Å². The summed E-state index contributed by atoms with van der Waals surface area (Å²) in [5.41, 5.74) is 6.26. The predicted molar refractivity (Wildman–Crippen MR) is 64.0 cm³/mol. The number of ether oxygens (including phenoxy) is 2. The van der Waals surface area contributed by atoms with Gasteiger partial charge in [0.25, 0.3) is 0 Å². The second kappa shape index (κ2) is 3.69. The second-order valence-electron chi connectivity index (χ2n) is 6.71. The largest absolute Gasteiger partial charge is 0.349 e. The van der Waals surface area contributed by atoms with Gasteiger partial charge in [0.15, 0.2) is 5.79 Å². The first kappa shape index (κ1) is 12.3. The highest BCUT2D eigenvalue weighted by Crippen LogP contribution is 2.49. The van der Waals surface area contributed by atoms with Crippen LogP contribution >= 0.6 is 0 Å². The van der Waals surface area contributed by atoms with Gasteiger partial charge in [-0.15, -0.1) is 0 Å². The van der Waals surface area contributed by atoms with Crippen LogP contribution in [0.5, 0.6) is 0 Å². The lowest BCUT2D eigenvalue weighted by molar-refractivity contribution is -0.355. The summed E-state index contributed by atoms with van der Waals surface area (Å²) >= 11 is 0. The van der Waals surface area contributed by atoms with E-state index in [0.29, 0.717) is 0 Å². The van der Waals surface area contributed by atoms with Gasteiger partial charge in [-0.25, -0.2) is 0 Å². The predicted octanol–water partition coefficient (Wildman–Crippen LogP) is 2.29. The van der Waals surface area contributed by atoms with E-state index in [1.807, 2.05) is 0 Å². The van der Waals surface area contributed by atoms with Crippen molar-refractivity contribution in [2.24, 2.45) is 16.6 Å². The molecule has 1 unspecified atom stereocenters. The van der Waals surface area contributed by atoms with E-state index in [1.165, 1.54) is 0 Å². The Balaban J connectivity index is 2.18. The minimum atomic E-state index is -0.444. The summed E-state index contributed by atoms with van der Waals surface area (Å²) in [5, 5.41) is 0. The van der Waals surface area contributed by atoms with Crippen molar-refractivity contribution in [3.05, 3.63) is 0 Å². The van der Waals surface area contributed by atoms with Crippen molar-refractivity contribution in [3.63, 3.8) is 0 Å². The molecule has 0 amide bonds. The van der Waals surface area contributed by atoms with E-state index < -0.39 is 5.79 Å². The first-order valence-electron chi connectivity index (χ1n) is 6.33. The minimum absolute atomic E-state index is 0.0955. The summed E-state index contributed by atoms with van der Waals surface area (Å²) in [6, 6.07) is 0.169. The summed E-state index contributed by atoms with van der Waals surface area (Å²) < 4.78 is 12.2. The van der Waals surface area contributed by atoms with Crippen LogP contribution in [-0.2, 0) is 9.47 Å². The molecule has 1 saturated heterocycles. The van der Waals surface area contributed by atoms with Gasteiger partial charge in [0, 0.05) is 23.3 Å². The molecule has 16 heavy (non-hydrogen) atoms. The third-order valence-electron chi connectivity index (χ3n) is 4.32. The minimum Gasteiger partial charge on any atom is -0.349 e. The number of hydrogen-bond acceptors (Lipinski definition) is 3. The zero-order chi connectivity index (χ0) is 12.0. The summed E-state index contributed by atoms with van der Waals surface area (Å²) in [4.78, 5) is 0. The Bertz CT molecular complexity index is 263. The van der Waals surface area contributed by atoms with Gasteiger partial charge < -0.3 is 15.2 Å². The van der Waals surface area contributed by atoms with Gasteiger partial charge in [-0.05, 0) is 12.8 Å². The normalized spacial score (nSPS) is 36.2. The molecule has 2 aliphatic rings. The lowest BCUT2D eigenvalue weighted by Crippen LogP contribution is -2.63. The SMILES string of the molecule is CC1(C)COC2(CCCC(N)C2(C)C)OC1. The molecule has 2 N–H and O–H groups in total. The van der Waals surface area contributed by atoms with Crippen molar-refractivity contribution in [1.29, 1.82) is 0 Å². The third kappa shape index (κ3) is 1.79. The molecule has 3 heteroatoms. The average molecular weight is 227 g/mol. The molecule has 1 aliphatic heterocycles. The quantitative estimate of drug-likeness (QED) is 0.690. The van der Waals surface area contributed by atoms with Crippen molar-refractivity contribution >= 4 is 0 Å². The smallest absolute Gasteiger partial charge is 0.174 e. The molecule has 1 aliphatic carbocycles. The van der Waals surface area contributed by atoms with E-state index in [2.05, 4.69) is 27.7 Å². The summed E-state index contributed by atoms with van der Waals surface area (Å²) in [5.74, 6) is -0.444. The van der Waals surface area contributed by atoms with Crippen LogP contribution in [0.3, 0.4) is 0 Å². The molecule has 1 saturated carbocycles. The summed E-state index contributed by atoms with van der Waals surface area (Å²) in [6.45, 7) is 10.2. The van der Waals surface area contributed by atoms with Gasteiger partial charge in [0.05, 0.1) is 13.2 Å². The maximum Gasteiger partial charge on any atom is 0.174 e. The van der Waals surface area contributed by atoms with E-state index in [0.717, 1.165) is 32.5 Å². The Labute approximate surface area is 98.7 Å². The topological polar surface area (TPSA) is 44.5 Å². The van der Waals surface area contributed by atoms with Gasteiger partial charge in [0.1, 0.15) is 0 Å². The standard InChI is InChI=1S/C13H25NO2/c1-11(2)8-15-13(16-9-11)7-5-6-10(14)12(13,3)4/h10H,5-9,14H2,1-4H3. The van der Waals surface area contributed by atoms with Crippen LogP contribution in [0.2, 0.25) is 0 Å². The Morgan fingerprint density at radius 3 is 2.19 bits per heavy atom. The summed E-state index contributed by atoms with van der Waals surface area (Å²) in [6.07, 6.45) is 3.15. The fourth-order valence-corrected chi connectivity index (χ4v) is 2.74. The van der Waals surface area contributed by atoms with E-state index >= 15 is 0 Å². The van der Waals surface area contributed by atoms with Crippen molar-refractivity contribution in [2.75, 3.05) is 13.2 Å². The highest BCUT2D eigenvalue weighted by Gasteiger charge is 2.55. The number of rotatable bonds is 0. The first-order chi connectivity index (χ1) is 7.29. The van der Waals surface area contributed by atoms with Crippen molar-refractivity contribution in [1.82, 2.24) is 0 Å². The Morgan fingerprint density at radius 1 is 1.06 bits per heavy atom. The van der Waals surface area contributed by atoms with Crippen LogP contribution in [0, 0.1) is 10.8 Å². The van der Waals surface area contributed by atoms with Crippen molar-refractivity contribution in [3.8, 4) is 0 Å². The zero-order valence-corrected chi connectivity index (χ0v) is 11.0. The van der Waals surface area contributed by atoms with E-state index in [4.69, 9.17) is 15.2 Å². The molecule has 0 aromatic heterocycles. The third-order valence-corrected chi connectivity index (χ3v) is 4.32. The molecule has 0 aromatic rings. The van der Waals surface area contributed by atoms with Gasteiger partial charge in [-0.1, -0.05) is 27.7 Å². The van der Waals surface area contributed by atoms with Gasteiger partial charge in [-0.3, -0.25) is 0 Å². The van der Waals surface area contributed by atoms with Crippen LogP contribution < -0.4 is 5.73 Å². The van der Waals surface area contributed by atoms with Crippen molar-refractivity contribution in [2.45, 2.75) is 58.8 Å². The van der Waals surface area contributed by atoms with Crippen LogP contribution in [0.15, 0.2) is 0 Å². The number of hydrogen-bond donors (Lipinski definition) is 1. The molecule has 2 rings (SSSR count). The van der Waals surface area contributed by atoms with Gasteiger partial charge in [0.2, 0.25) is 0 Å². The highest BCUT2D eigenvalue weighted by molar-refractivity contribution is 5.00. The van der Waals surface area contributed by atoms with E-state index in [1.54, 1.807) is 0 Å². The van der Waals surface area contributed by atoms with Crippen molar-refractivity contribution < 1.29 is 9.47 Å². The molecule has 0 aromatic carbocycles. The van der Waals surface area contributed by atoms with Crippen LogP contribution in [-0.4, -0.2) is 25.0 Å². The fraction of sp³-hybridized carbons (Fsp3) is 1.00. The molecule has 0 bridgehead atoms. The maximum atomic E-state index is 6.23.